The minimum atomic E-state index is -5.29. The lowest BCUT2D eigenvalue weighted by atomic mass is 9.96. The zero-order valence-corrected chi connectivity index (χ0v) is 29.5. The van der Waals surface area contributed by atoms with Gasteiger partial charge in [-0.15, -0.1) is 0 Å². The van der Waals surface area contributed by atoms with E-state index in [-0.39, 0.29) is 36.4 Å². The van der Waals surface area contributed by atoms with Crippen molar-refractivity contribution < 1.29 is 61.5 Å². The summed E-state index contributed by atoms with van der Waals surface area (Å²) >= 11 is 0. The Bertz CT molecular complexity index is 1490. The summed E-state index contributed by atoms with van der Waals surface area (Å²) in [6.07, 6.45) is -3.85. The van der Waals surface area contributed by atoms with E-state index in [1.54, 1.807) is 29.2 Å². The molecule has 0 saturated heterocycles. The van der Waals surface area contributed by atoms with Crippen molar-refractivity contribution in [2.75, 3.05) is 25.0 Å². The van der Waals surface area contributed by atoms with Crippen LogP contribution in [0.4, 0.5) is 5.69 Å². The van der Waals surface area contributed by atoms with Gasteiger partial charge in [0.2, 0.25) is 18.1 Å². The zero-order valence-electron chi connectivity index (χ0n) is 28.7. The van der Waals surface area contributed by atoms with Crippen LogP contribution in [0.25, 0.3) is 0 Å². The summed E-state index contributed by atoms with van der Waals surface area (Å²) in [5, 5.41) is 45.5. The molecular formula is C34H49N3O13S. The number of rotatable bonds is 24. The summed E-state index contributed by atoms with van der Waals surface area (Å²) in [6.45, 7) is 4.25. The Morgan fingerprint density at radius 2 is 1.49 bits per heavy atom. The van der Waals surface area contributed by atoms with Crippen LogP contribution in [0.1, 0.15) is 75.6 Å². The molecule has 17 heteroatoms. The Labute approximate surface area is 297 Å². The lowest BCUT2D eigenvalue weighted by Crippen LogP contribution is -2.51. The highest BCUT2D eigenvalue weighted by Crippen LogP contribution is 2.22. The average Bonchev–Trinajstić information content (AvgIpc) is 3.09. The van der Waals surface area contributed by atoms with Crippen molar-refractivity contribution in [1.29, 1.82) is 0 Å². The number of aliphatic hydroxyl groups is 3. The number of unbranched alkanes of at least 4 members (excludes halogenated alkanes) is 4. The van der Waals surface area contributed by atoms with E-state index >= 15 is 0 Å². The number of hydrogen-bond acceptors (Lipinski definition) is 11. The summed E-state index contributed by atoms with van der Waals surface area (Å²) in [7, 11) is -5.29. The first-order valence-corrected chi connectivity index (χ1v) is 18.1. The van der Waals surface area contributed by atoms with Crippen molar-refractivity contribution in [3.63, 3.8) is 0 Å². The third-order valence-electron chi connectivity index (χ3n) is 7.88. The first-order valence-electron chi connectivity index (χ1n) is 16.7. The summed E-state index contributed by atoms with van der Waals surface area (Å²) in [4.78, 5) is 50.6. The fourth-order valence-corrected chi connectivity index (χ4v) is 5.34. The van der Waals surface area contributed by atoms with Crippen molar-refractivity contribution in [2.45, 2.75) is 89.8 Å². The van der Waals surface area contributed by atoms with E-state index in [4.69, 9.17) is 14.4 Å². The minimum Gasteiger partial charge on any atom is -0.481 e. The fourth-order valence-electron chi connectivity index (χ4n) is 4.86. The SMILES string of the molecule is CCCCC(=O)N(CCCCCCNC(=O)c1ccccc1)CCC(=O)Nc1ccc(OC(O)C(OS(=O)(=O)O)C(O)C(O)C(C)C(=O)O)cc1. The molecule has 0 saturated carbocycles. The Balaban J connectivity index is 1.87. The van der Waals surface area contributed by atoms with E-state index < -0.39 is 46.9 Å². The average molecular weight is 740 g/mol. The fraction of sp³-hybridized carbons (Fsp3) is 0.529. The molecule has 0 fully saturated rings. The van der Waals surface area contributed by atoms with Gasteiger partial charge in [-0.05, 0) is 62.6 Å². The van der Waals surface area contributed by atoms with Crippen molar-refractivity contribution in [3.05, 3.63) is 60.2 Å². The van der Waals surface area contributed by atoms with Crippen LogP contribution in [0.2, 0.25) is 0 Å². The van der Waals surface area contributed by atoms with Crippen LogP contribution in [0.15, 0.2) is 54.6 Å². The van der Waals surface area contributed by atoms with Gasteiger partial charge in [-0.3, -0.25) is 23.7 Å². The van der Waals surface area contributed by atoms with Crippen LogP contribution >= 0.6 is 0 Å². The Hall–Kier alpha value is -4.13. The van der Waals surface area contributed by atoms with E-state index in [2.05, 4.69) is 14.8 Å². The molecule has 2 aromatic rings. The molecule has 16 nitrogen and oxygen atoms in total. The van der Waals surface area contributed by atoms with Crippen molar-refractivity contribution in [1.82, 2.24) is 10.2 Å². The maximum atomic E-state index is 12.8. The smallest absolute Gasteiger partial charge is 0.397 e. The maximum Gasteiger partial charge on any atom is 0.397 e. The highest BCUT2D eigenvalue weighted by Gasteiger charge is 2.41. The molecule has 0 radical (unpaired) electrons. The molecule has 284 valence electrons. The maximum absolute atomic E-state index is 12.8. The summed E-state index contributed by atoms with van der Waals surface area (Å²) < 4.78 is 41.1. The van der Waals surface area contributed by atoms with Gasteiger partial charge in [0.25, 0.3) is 5.91 Å². The number of ether oxygens (including phenoxy) is 1. The van der Waals surface area contributed by atoms with Crippen LogP contribution in [0.5, 0.6) is 5.75 Å². The normalized spacial score (nSPS) is 14.4. The second-order valence-corrected chi connectivity index (χ2v) is 13.0. The number of nitrogens with one attached hydrogen (secondary N) is 2. The van der Waals surface area contributed by atoms with Crippen LogP contribution in [0.3, 0.4) is 0 Å². The van der Waals surface area contributed by atoms with Gasteiger partial charge in [-0.1, -0.05) is 44.4 Å². The topological polar surface area (TPSA) is 249 Å². The lowest BCUT2D eigenvalue weighted by Gasteiger charge is -2.30. The molecular weight excluding hydrogens is 690 g/mol. The van der Waals surface area contributed by atoms with E-state index in [9.17, 15) is 42.9 Å². The summed E-state index contributed by atoms with van der Waals surface area (Å²) in [5.74, 6) is -3.79. The Kier molecular flexibility index (Phi) is 18.5. The first-order chi connectivity index (χ1) is 24.1. The predicted molar refractivity (Wildman–Crippen MR) is 185 cm³/mol. The quantitative estimate of drug-likeness (QED) is 0.0465. The van der Waals surface area contributed by atoms with E-state index in [1.165, 1.54) is 24.3 Å². The van der Waals surface area contributed by atoms with Crippen LogP contribution in [-0.4, -0.2) is 106 Å². The molecule has 7 N–H and O–H groups in total. The number of carboxylic acids is 1. The molecule has 0 spiro atoms. The molecule has 0 aromatic heterocycles. The summed E-state index contributed by atoms with van der Waals surface area (Å²) in [5.41, 5.74) is 0.927. The molecule has 5 atom stereocenters. The van der Waals surface area contributed by atoms with Gasteiger partial charge in [0.15, 0.2) is 6.10 Å². The molecule has 0 bridgehead atoms. The van der Waals surface area contributed by atoms with Gasteiger partial charge < -0.3 is 40.7 Å². The Morgan fingerprint density at radius 3 is 2.10 bits per heavy atom. The third-order valence-corrected chi connectivity index (χ3v) is 8.34. The predicted octanol–water partition coefficient (Wildman–Crippen LogP) is 2.35. The number of aliphatic carboxylic acids is 1. The molecule has 0 heterocycles. The highest BCUT2D eigenvalue weighted by molar-refractivity contribution is 7.80. The van der Waals surface area contributed by atoms with E-state index in [0.717, 1.165) is 45.4 Å². The molecule has 2 aromatic carbocycles. The Morgan fingerprint density at radius 1 is 0.843 bits per heavy atom. The van der Waals surface area contributed by atoms with Crippen LogP contribution in [-0.2, 0) is 29.0 Å². The van der Waals surface area contributed by atoms with Crippen molar-refractivity contribution in [3.8, 4) is 5.75 Å². The van der Waals surface area contributed by atoms with Crippen LogP contribution < -0.4 is 15.4 Å². The molecule has 51 heavy (non-hydrogen) atoms. The first kappa shape index (κ1) is 43.0. The molecule has 3 amide bonds. The number of carboxylic acid groups (broad SMARTS) is 1. The standard InChI is InChI=1S/C34H49N3O13S/c1-3-4-14-28(39)37(21-11-6-5-10-20-35-32(42)24-12-8-7-9-13-24)22-19-27(38)36-25-15-17-26(18-16-25)49-34(45)31(50-51(46,47)48)30(41)29(40)23(2)33(43)44/h7-9,12-13,15-18,23,29-31,34,40-41,45H,3-6,10-11,14,19-22H2,1-2H3,(H,35,42)(H,36,38)(H,43,44)(H,46,47,48). The van der Waals surface area contributed by atoms with Crippen molar-refractivity contribution >= 4 is 39.8 Å². The molecule has 0 aliphatic rings. The van der Waals surface area contributed by atoms with Crippen molar-refractivity contribution in [2.24, 2.45) is 5.92 Å². The lowest BCUT2D eigenvalue weighted by molar-refractivity contribution is -0.171. The number of amides is 3. The zero-order chi connectivity index (χ0) is 38.0. The summed E-state index contributed by atoms with van der Waals surface area (Å²) in [6, 6.07) is 14.3. The molecule has 0 aliphatic carbocycles. The number of carbonyl (C=O) groups excluding carboxylic acids is 3. The largest absolute Gasteiger partial charge is 0.481 e. The van der Waals surface area contributed by atoms with Gasteiger partial charge in [-0.2, -0.15) is 8.42 Å². The number of aliphatic hydroxyl groups excluding tert-OH is 3. The van der Waals surface area contributed by atoms with Gasteiger partial charge >= 0.3 is 16.4 Å². The molecule has 5 unspecified atom stereocenters. The van der Waals surface area contributed by atoms with Gasteiger partial charge in [-0.25, -0.2) is 4.18 Å². The minimum absolute atomic E-state index is 0.0178. The number of nitrogens with zero attached hydrogens (tertiary/aromatic N) is 1. The number of hydrogen-bond donors (Lipinski definition) is 7. The third kappa shape index (κ3) is 16.2. The van der Waals surface area contributed by atoms with Gasteiger partial charge in [0, 0.05) is 43.7 Å². The second-order valence-electron chi connectivity index (χ2n) is 11.9. The number of anilines is 1. The van der Waals surface area contributed by atoms with Crippen LogP contribution in [0, 0.1) is 5.92 Å². The van der Waals surface area contributed by atoms with Gasteiger partial charge in [0.05, 0.1) is 12.0 Å². The second kappa shape index (κ2) is 21.9. The molecule has 0 aliphatic heterocycles. The number of benzene rings is 2. The van der Waals surface area contributed by atoms with Gasteiger partial charge in [0.1, 0.15) is 11.9 Å². The monoisotopic (exact) mass is 739 g/mol. The number of carbonyl (C=O) groups is 4. The van der Waals surface area contributed by atoms with E-state index in [1.807, 2.05) is 13.0 Å². The van der Waals surface area contributed by atoms with E-state index in [0.29, 0.717) is 30.8 Å². The molecule has 2 rings (SSSR count). The highest BCUT2D eigenvalue weighted by atomic mass is 32.3.